The van der Waals surface area contributed by atoms with E-state index >= 15 is 0 Å². The molecule has 0 aliphatic rings. The van der Waals surface area contributed by atoms with Crippen LogP contribution >= 0.6 is 0 Å². The summed E-state index contributed by atoms with van der Waals surface area (Å²) in [4.78, 5) is 11.7. The lowest BCUT2D eigenvalue weighted by atomic mass is 10.1. The van der Waals surface area contributed by atoms with Gasteiger partial charge in [0, 0.05) is 12.6 Å². The zero-order valence-electron chi connectivity index (χ0n) is 11.9. The molecule has 1 amide bonds. The van der Waals surface area contributed by atoms with Crippen LogP contribution in [-0.2, 0) is 14.8 Å². The van der Waals surface area contributed by atoms with E-state index in [4.69, 9.17) is 5.73 Å². The van der Waals surface area contributed by atoms with Crippen LogP contribution in [0.2, 0.25) is 0 Å². The fourth-order valence-electron chi connectivity index (χ4n) is 1.63. The Kier molecular flexibility index (Phi) is 5.67. The second-order valence-electron chi connectivity index (χ2n) is 4.60. The van der Waals surface area contributed by atoms with Crippen molar-refractivity contribution in [2.24, 2.45) is 5.73 Å². The fourth-order valence-corrected chi connectivity index (χ4v) is 2.84. The molecule has 2 atom stereocenters. The maximum absolute atomic E-state index is 12.1. The largest absolute Gasteiger partial charge is 0.355 e. The van der Waals surface area contributed by atoms with E-state index in [1.165, 1.54) is 19.1 Å². The van der Waals surface area contributed by atoms with E-state index in [1.807, 2.05) is 6.92 Å². The van der Waals surface area contributed by atoms with Crippen molar-refractivity contribution in [1.82, 2.24) is 10.0 Å². The van der Waals surface area contributed by atoms with E-state index in [0.717, 1.165) is 5.56 Å². The molecule has 4 N–H and O–H groups in total. The van der Waals surface area contributed by atoms with Crippen LogP contribution in [0, 0.1) is 0 Å². The molecular formula is C13H21N3O3S. The van der Waals surface area contributed by atoms with Crippen LogP contribution in [0.5, 0.6) is 0 Å². The summed E-state index contributed by atoms with van der Waals surface area (Å²) in [5, 5.41) is 2.56. The SMILES string of the molecule is CCNC(=O)C(C)NS(=O)(=O)c1ccc(C(C)N)cc1. The average Bonchev–Trinajstić information content (AvgIpc) is 2.38. The second kappa shape index (κ2) is 6.83. The van der Waals surface area contributed by atoms with Gasteiger partial charge in [-0.1, -0.05) is 12.1 Å². The highest BCUT2D eigenvalue weighted by Crippen LogP contribution is 2.14. The minimum absolute atomic E-state index is 0.109. The van der Waals surface area contributed by atoms with Crippen molar-refractivity contribution in [3.05, 3.63) is 29.8 Å². The van der Waals surface area contributed by atoms with Gasteiger partial charge in [-0.05, 0) is 38.5 Å². The van der Waals surface area contributed by atoms with Crippen molar-refractivity contribution in [3.63, 3.8) is 0 Å². The maximum Gasteiger partial charge on any atom is 0.241 e. The molecule has 0 fully saturated rings. The number of hydrogen-bond donors (Lipinski definition) is 3. The predicted molar refractivity (Wildman–Crippen MR) is 77.5 cm³/mol. The van der Waals surface area contributed by atoms with Crippen molar-refractivity contribution in [3.8, 4) is 0 Å². The zero-order valence-corrected chi connectivity index (χ0v) is 12.7. The standard InChI is InChI=1S/C13H21N3O3S/c1-4-15-13(17)10(3)16-20(18,19)12-7-5-11(6-8-12)9(2)14/h5-10,16H,4,14H2,1-3H3,(H,15,17). The van der Waals surface area contributed by atoms with Crippen molar-refractivity contribution in [2.45, 2.75) is 37.8 Å². The third kappa shape index (κ3) is 4.29. The Morgan fingerprint density at radius 2 is 1.80 bits per heavy atom. The summed E-state index contributed by atoms with van der Waals surface area (Å²) >= 11 is 0. The van der Waals surface area contributed by atoms with E-state index in [0.29, 0.717) is 6.54 Å². The first-order valence-electron chi connectivity index (χ1n) is 6.43. The Morgan fingerprint density at radius 1 is 1.25 bits per heavy atom. The average molecular weight is 299 g/mol. The Balaban J connectivity index is 2.86. The summed E-state index contributed by atoms with van der Waals surface area (Å²) in [5.74, 6) is -0.358. The van der Waals surface area contributed by atoms with Crippen LogP contribution in [-0.4, -0.2) is 26.9 Å². The van der Waals surface area contributed by atoms with Gasteiger partial charge in [0.25, 0.3) is 0 Å². The summed E-state index contributed by atoms with van der Waals surface area (Å²) in [7, 11) is -3.72. The van der Waals surface area contributed by atoms with Gasteiger partial charge in [-0.25, -0.2) is 8.42 Å². The highest BCUT2D eigenvalue weighted by Gasteiger charge is 2.21. The van der Waals surface area contributed by atoms with Crippen LogP contribution < -0.4 is 15.8 Å². The molecule has 0 aromatic heterocycles. The quantitative estimate of drug-likeness (QED) is 0.712. The molecule has 0 aliphatic carbocycles. The summed E-state index contributed by atoms with van der Waals surface area (Å²) in [6.45, 7) is 5.54. The minimum Gasteiger partial charge on any atom is -0.355 e. The lowest BCUT2D eigenvalue weighted by molar-refractivity contribution is -0.122. The topological polar surface area (TPSA) is 101 Å². The number of nitrogens with one attached hydrogen (secondary N) is 2. The molecule has 7 heteroatoms. The summed E-state index contributed by atoms with van der Waals surface area (Å²) in [6.07, 6.45) is 0. The van der Waals surface area contributed by atoms with Crippen molar-refractivity contribution in [1.29, 1.82) is 0 Å². The van der Waals surface area contributed by atoms with Crippen molar-refractivity contribution < 1.29 is 13.2 Å². The number of carbonyl (C=O) groups excluding carboxylic acids is 1. The highest BCUT2D eigenvalue weighted by atomic mass is 32.2. The molecule has 0 heterocycles. The third-order valence-electron chi connectivity index (χ3n) is 2.79. The predicted octanol–water partition coefficient (Wildman–Crippen LogP) is 0.509. The van der Waals surface area contributed by atoms with Crippen molar-refractivity contribution in [2.75, 3.05) is 6.54 Å². The lowest BCUT2D eigenvalue weighted by Crippen LogP contribution is -2.44. The number of nitrogens with two attached hydrogens (primary N) is 1. The van der Waals surface area contributed by atoms with Crippen LogP contribution in [0.1, 0.15) is 32.4 Å². The number of hydrogen-bond acceptors (Lipinski definition) is 4. The molecule has 0 radical (unpaired) electrons. The Morgan fingerprint density at radius 3 is 2.25 bits per heavy atom. The molecule has 0 saturated heterocycles. The van der Waals surface area contributed by atoms with Gasteiger partial charge < -0.3 is 11.1 Å². The first kappa shape index (κ1) is 16.6. The molecule has 0 bridgehead atoms. The van der Waals surface area contributed by atoms with Gasteiger partial charge in [0.2, 0.25) is 15.9 Å². The summed E-state index contributed by atoms with van der Waals surface area (Å²) < 4.78 is 26.6. The molecule has 0 spiro atoms. The normalized spacial score (nSPS) is 14.6. The van der Waals surface area contributed by atoms with Crippen molar-refractivity contribution >= 4 is 15.9 Å². The minimum atomic E-state index is -3.72. The number of amides is 1. The smallest absolute Gasteiger partial charge is 0.241 e. The zero-order chi connectivity index (χ0) is 15.3. The maximum atomic E-state index is 12.1. The fraction of sp³-hybridized carbons (Fsp3) is 0.462. The van der Waals surface area contributed by atoms with Crippen LogP contribution in [0.4, 0.5) is 0 Å². The van der Waals surface area contributed by atoms with E-state index in [-0.39, 0.29) is 16.8 Å². The van der Waals surface area contributed by atoms with Gasteiger partial charge >= 0.3 is 0 Å². The Bertz CT molecular complexity index is 553. The Labute approximate surface area is 119 Å². The number of rotatable bonds is 6. The molecule has 1 rings (SSSR count). The van der Waals surface area contributed by atoms with E-state index < -0.39 is 16.1 Å². The molecule has 112 valence electrons. The van der Waals surface area contributed by atoms with Crippen LogP contribution in [0.25, 0.3) is 0 Å². The number of benzene rings is 1. The molecule has 1 aromatic rings. The summed E-state index contributed by atoms with van der Waals surface area (Å²) in [6, 6.07) is 5.30. The van der Waals surface area contributed by atoms with Gasteiger partial charge in [0.1, 0.15) is 0 Å². The molecule has 0 saturated carbocycles. The van der Waals surface area contributed by atoms with Gasteiger partial charge in [-0.3, -0.25) is 4.79 Å². The molecular weight excluding hydrogens is 278 g/mol. The van der Waals surface area contributed by atoms with Gasteiger partial charge in [0.15, 0.2) is 0 Å². The highest BCUT2D eigenvalue weighted by molar-refractivity contribution is 7.89. The first-order valence-corrected chi connectivity index (χ1v) is 7.91. The molecule has 1 aromatic carbocycles. The van der Waals surface area contributed by atoms with E-state index in [1.54, 1.807) is 19.1 Å². The van der Waals surface area contributed by atoms with Gasteiger partial charge in [0.05, 0.1) is 10.9 Å². The van der Waals surface area contributed by atoms with E-state index in [9.17, 15) is 13.2 Å². The van der Waals surface area contributed by atoms with Gasteiger partial charge in [-0.15, -0.1) is 0 Å². The molecule has 6 nitrogen and oxygen atoms in total. The number of sulfonamides is 1. The number of likely N-dealkylation sites (N-methyl/N-ethyl adjacent to an activating group) is 1. The molecule has 2 unspecified atom stereocenters. The molecule has 0 aliphatic heterocycles. The van der Waals surface area contributed by atoms with Crippen LogP contribution in [0.3, 0.4) is 0 Å². The van der Waals surface area contributed by atoms with Crippen LogP contribution in [0.15, 0.2) is 29.2 Å². The Hall–Kier alpha value is -1.44. The van der Waals surface area contributed by atoms with Gasteiger partial charge in [-0.2, -0.15) is 4.72 Å². The lowest BCUT2D eigenvalue weighted by Gasteiger charge is -2.14. The second-order valence-corrected chi connectivity index (χ2v) is 6.31. The monoisotopic (exact) mass is 299 g/mol. The first-order chi connectivity index (χ1) is 9.27. The van der Waals surface area contributed by atoms with E-state index in [2.05, 4.69) is 10.0 Å². The summed E-state index contributed by atoms with van der Waals surface area (Å²) in [5.41, 5.74) is 6.56. The number of carbonyl (C=O) groups is 1. The molecule has 20 heavy (non-hydrogen) atoms. The third-order valence-corrected chi connectivity index (χ3v) is 4.35.